The highest BCUT2D eigenvalue weighted by Gasteiger charge is 2.35. The minimum Gasteiger partial charge on any atom is -0.494 e. The molecular formula is C20H27N3O4S. The number of esters is 1. The minimum atomic E-state index is -0.621. The molecule has 0 aromatic heterocycles. The number of hydrogen-bond acceptors (Lipinski definition) is 6. The molecule has 152 valence electrons. The number of carbonyl (C=O) groups is 2. The number of rotatable bonds is 7. The first-order valence-corrected chi connectivity index (χ1v) is 10.8. The number of para-hydroxylation sites is 1. The van der Waals surface area contributed by atoms with Gasteiger partial charge in [0.1, 0.15) is 5.75 Å². The van der Waals surface area contributed by atoms with Gasteiger partial charge in [-0.05, 0) is 19.9 Å². The van der Waals surface area contributed by atoms with Crippen LogP contribution in [0.4, 0.5) is 4.79 Å². The van der Waals surface area contributed by atoms with Gasteiger partial charge >= 0.3 is 12.0 Å². The Hall–Kier alpha value is -2.19. The van der Waals surface area contributed by atoms with Crippen LogP contribution in [0, 0.1) is 0 Å². The molecule has 0 radical (unpaired) electrons. The van der Waals surface area contributed by atoms with Crippen molar-refractivity contribution in [3.8, 4) is 5.75 Å². The molecule has 1 atom stereocenters. The monoisotopic (exact) mass is 405 g/mol. The summed E-state index contributed by atoms with van der Waals surface area (Å²) in [5, 5.41) is 5.72. The number of hydrogen-bond donors (Lipinski definition) is 2. The average molecular weight is 406 g/mol. The fourth-order valence-corrected chi connectivity index (χ4v) is 4.39. The van der Waals surface area contributed by atoms with Crippen LogP contribution >= 0.6 is 11.8 Å². The lowest BCUT2D eigenvalue weighted by molar-refractivity contribution is -0.139. The first-order chi connectivity index (χ1) is 13.6. The smallest absolute Gasteiger partial charge is 0.338 e. The summed E-state index contributed by atoms with van der Waals surface area (Å²) in [6.07, 6.45) is 0. The highest BCUT2D eigenvalue weighted by Crippen LogP contribution is 2.34. The zero-order valence-corrected chi connectivity index (χ0v) is 17.1. The van der Waals surface area contributed by atoms with Crippen molar-refractivity contribution >= 4 is 23.8 Å². The van der Waals surface area contributed by atoms with Crippen molar-refractivity contribution in [1.82, 2.24) is 15.5 Å². The maximum Gasteiger partial charge on any atom is 0.338 e. The molecule has 0 aliphatic carbocycles. The van der Waals surface area contributed by atoms with Crippen LogP contribution in [0.15, 0.2) is 35.5 Å². The third-order valence-electron chi connectivity index (χ3n) is 4.66. The van der Waals surface area contributed by atoms with E-state index < -0.39 is 12.0 Å². The normalized spacial score (nSPS) is 20.4. The van der Waals surface area contributed by atoms with Gasteiger partial charge in [-0.1, -0.05) is 18.2 Å². The Bertz CT molecular complexity index is 747. The Morgan fingerprint density at radius 2 is 1.96 bits per heavy atom. The van der Waals surface area contributed by atoms with E-state index >= 15 is 0 Å². The summed E-state index contributed by atoms with van der Waals surface area (Å²) in [5.41, 5.74) is 1.78. The molecule has 2 heterocycles. The Labute approximate surface area is 169 Å². The summed E-state index contributed by atoms with van der Waals surface area (Å²) in [6, 6.07) is 6.51. The molecule has 2 N–H and O–H groups in total. The first kappa shape index (κ1) is 20.5. The molecule has 0 spiro atoms. The average Bonchev–Trinajstić information content (AvgIpc) is 2.69. The number of nitrogens with one attached hydrogen (secondary N) is 2. The molecule has 3 rings (SSSR count). The zero-order chi connectivity index (χ0) is 19.9. The van der Waals surface area contributed by atoms with Gasteiger partial charge in [0.2, 0.25) is 0 Å². The van der Waals surface area contributed by atoms with Crippen molar-refractivity contribution in [2.24, 2.45) is 0 Å². The van der Waals surface area contributed by atoms with E-state index in [-0.39, 0.29) is 12.6 Å². The van der Waals surface area contributed by atoms with Crippen LogP contribution in [-0.4, -0.2) is 61.3 Å². The molecule has 28 heavy (non-hydrogen) atoms. The maximum atomic E-state index is 12.9. The van der Waals surface area contributed by atoms with Crippen LogP contribution in [0.25, 0.3) is 0 Å². The molecule has 1 saturated heterocycles. The van der Waals surface area contributed by atoms with Crippen molar-refractivity contribution in [2.45, 2.75) is 19.9 Å². The van der Waals surface area contributed by atoms with Crippen molar-refractivity contribution < 1.29 is 19.1 Å². The zero-order valence-electron chi connectivity index (χ0n) is 16.3. The summed E-state index contributed by atoms with van der Waals surface area (Å²) >= 11 is 1.92. The fourth-order valence-electron chi connectivity index (χ4n) is 3.41. The van der Waals surface area contributed by atoms with Gasteiger partial charge in [-0.2, -0.15) is 11.8 Å². The molecule has 2 aliphatic rings. The van der Waals surface area contributed by atoms with Crippen molar-refractivity contribution in [3.05, 3.63) is 41.1 Å². The Morgan fingerprint density at radius 1 is 1.21 bits per heavy atom. The number of ether oxygens (including phenoxy) is 2. The predicted molar refractivity (Wildman–Crippen MR) is 109 cm³/mol. The topological polar surface area (TPSA) is 79.9 Å². The van der Waals surface area contributed by atoms with Gasteiger partial charge in [0.15, 0.2) is 0 Å². The van der Waals surface area contributed by atoms with E-state index in [0.717, 1.165) is 30.2 Å². The van der Waals surface area contributed by atoms with Gasteiger partial charge in [-0.15, -0.1) is 0 Å². The Balaban J connectivity index is 2.01. The van der Waals surface area contributed by atoms with Crippen LogP contribution in [0.1, 0.15) is 25.5 Å². The highest BCUT2D eigenvalue weighted by molar-refractivity contribution is 7.99. The number of carbonyl (C=O) groups excluding carboxylic acids is 2. The van der Waals surface area contributed by atoms with E-state index in [1.54, 1.807) is 6.92 Å². The van der Waals surface area contributed by atoms with E-state index in [1.165, 1.54) is 0 Å². The molecule has 1 fully saturated rings. The van der Waals surface area contributed by atoms with Gasteiger partial charge in [0.25, 0.3) is 0 Å². The van der Waals surface area contributed by atoms with Crippen molar-refractivity contribution in [3.63, 3.8) is 0 Å². The van der Waals surface area contributed by atoms with Crippen LogP contribution < -0.4 is 15.4 Å². The number of nitrogens with zero attached hydrogens (tertiary/aromatic N) is 1. The van der Waals surface area contributed by atoms with E-state index in [4.69, 9.17) is 9.47 Å². The summed E-state index contributed by atoms with van der Waals surface area (Å²) < 4.78 is 11.1. The van der Waals surface area contributed by atoms with E-state index in [9.17, 15) is 9.59 Å². The molecule has 2 aliphatic heterocycles. The summed E-state index contributed by atoms with van der Waals surface area (Å²) in [4.78, 5) is 27.5. The third kappa shape index (κ3) is 4.80. The molecule has 1 aromatic rings. The summed E-state index contributed by atoms with van der Waals surface area (Å²) in [7, 11) is 0. The first-order valence-electron chi connectivity index (χ1n) is 9.63. The van der Waals surface area contributed by atoms with Crippen LogP contribution in [0.2, 0.25) is 0 Å². The lowest BCUT2D eigenvalue weighted by Gasteiger charge is -2.33. The lowest BCUT2D eigenvalue weighted by atomic mass is 9.94. The second-order valence-corrected chi connectivity index (χ2v) is 7.73. The van der Waals surface area contributed by atoms with Crippen molar-refractivity contribution in [1.29, 1.82) is 0 Å². The maximum absolute atomic E-state index is 12.9. The second kappa shape index (κ2) is 9.84. The van der Waals surface area contributed by atoms with Gasteiger partial charge in [0, 0.05) is 42.4 Å². The number of urea groups is 1. The predicted octanol–water partition coefficient (Wildman–Crippen LogP) is 2.31. The SMILES string of the molecule is CCOC(=O)C1=C(CN2CCSCC2)NC(=O)N[C@@H]1c1ccccc1OCC. The highest BCUT2D eigenvalue weighted by atomic mass is 32.2. The molecule has 0 unspecified atom stereocenters. The molecule has 2 amide bonds. The van der Waals surface area contributed by atoms with Gasteiger partial charge < -0.3 is 20.1 Å². The van der Waals surface area contributed by atoms with Gasteiger partial charge in [-0.25, -0.2) is 9.59 Å². The summed E-state index contributed by atoms with van der Waals surface area (Å²) in [5.74, 6) is 2.32. The largest absolute Gasteiger partial charge is 0.494 e. The Morgan fingerprint density at radius 3 is 2.68 bits per heavy atom. The van der Waals surface area contributed by atoms with Crippen LogP contribution in [0.3, 0.4) is 0 Å². The molecule has 7 nitrogen and oxygen atoms in total. The molecular weight excluding hydrogens is 378 g/mol. The number of thioether (sulfide) groups is 1. The molecule has 0 saturated carbocycles. The number of benzene rings is 1. The van der Waals surface area contributed by atoms with E-state index in [0.29, 0.717) is 30.2 Å². The summed E-state index contributed by atoms with van der Waals surface area (Å²) in [6.45, 7) is 6.80. The second-order valence-electron chi connectivity index (χ2n) is 6.50. The third-order valence-corrected chi connectivity index (χ3v) is 5.61. The number of amides is 2. The van der Waals surface area contributed by atoms with Gasteiger partial charge in [-0.3, -0.25) is 4.90 Å². The van der Waals surface area contributed by atoms with Gasteiger partial charge in [0.05, 0.1) is 24.8 Å². The fraction of sp³-hybridized carbons (Fsp3) is 0.500. The lowest BCUT2D eigenvalue weighted by Crippen LogP contribution is -2.49. The molecule has 1 aromatic carbocycles. The van der Waals surface area contributed by atoms with Crippen LogP contribution in [-0.2, 0) is 9.53 Å². The van der Waals surface area contributed by atoms with E-state index in [2.05, 4.69) is 15.5 Å². The standard InChI is InChI=1S/C20H27N3O4S/c1-3-26-16-8-6-5-7-14(16)18-17(19(24)27-4-2)15(21-20(25)22-18)13-23-9-11-28-12-10-23/h5-8,18H,3-4,9-13H2,1-2H3,(H2,21,22,25)/t18-/m1/s1. The van der Waals surface area contributed by atoms with Crippen molar-refractivity contribution in [2.75, 3.05) is 44.4 Å². The molecule has 8 heteroatoms. The Kier molecular flexibility index (Phi) is 7.22. The molecule has 0 bridgehead atoms. The van der Waals surface area contributed by atoms with E-state index in [1.807, 2.05) is 43.0 Å². The van der Waals surface area contributed by atoms with Crippen LogP contribution in [0.5, 0.6) is 5.75 Å². The quantitative estimate of drug-likeness (QED) is 0.678. The minimum absolute atomic E-state index is 0.268.